The summed E-state index contributed by atoms with van der Waals surface area (Å²) >= 11 is 0. The molecule has 19 heavy (non-hydrogen) atoms. The van der Waals surface area contributed by atoms with Crippen molar-refractivity contribution < 1.29 is 0 Å². The van der Waals surface area contributed by atoms with Crippen LogP contribution in [-0.4, -0.2) is 31.1 Å². The fraction of sp³-hybridized carbons (Fsp3) is 0.647. The number of nitrogens with zero attached hydrogens (tertiary/aromatic N) is 1. The smallest absolute Gasteiger partial charge is 0.0461 e. The number of rotatable bonds is 2. The zero-order valence-corrected chi connectivity index (χ0v) is 12.3. The van der Waals surface area contributed by atoms with E-state index in [-0.39, 0.29) is 5.54 Å². The Balaban J connectivity index is 1.77. The SMILES string of the molecule is CC(C)CN1CCC2(CC1)NCCc1ccccc12. The van der Waals surface area contributed by atoms with E-state index in [0.29, 0.717) is 0 Å². The van der Waals surface area contributed by atoms with Crippen molar-refractivity contribution in [3.63, 3.8) is 0 Å². The van der Waals surface area contributed by atoms with Gasteiger partial charge < -0.3 is 10.2 Å². The first-order chi connectivity index (χ1) is 9.20. The van der Waals surface area contributed by atoms with Crippen molar-refractivity contribution in [2.75, 3.05) is 26.2 Å². The van der Waals surface area contributed by atoms with Crippen LogP contribution in [0.4, 0.5) is 0 Å². The Hall–Kier alpha value is -0.860. The molecule has 2 heteroatoms. The number of hydrogen-bond acceptors (Lipinski definition) is 2. The van der Waals surface area contributed by atoms with Crippen molar-refractivity contribution >= 4 is 0 Å². The largest absolute Gasteiger partial charge is 0.307 e. The molecule has 2 aliphatic rings. The molecule has 2 heterocycles. The lowest BCUT2D eigenvalue weighted by Gasteiger charge is -2.46. The molecule has 0 aliphatic carbocycles. The van der Waals surface area contributed by atoms with Crippen molar-refractivity contribution in [2.45, 2.75) is 38.6 Å². The average Bonchev–Trinajstić information content (AvgIpc) is 2.42. The molecule has 104 valence electrons. The van der Waals surface area contributed by atoms with Crippen LogP contribution in [0.2, 0.25) is 0 Å². The van der Waals surface area contributed by atoms with Crippen LogP contribution in [0.15, 0.2) is 24.3 Å². The number of likely N-dealkylation sites (tertiary alicyclic amines) is 1. The lowest BCUT2D eigenvalue weighted by Crippen LogP contribution is -2.54. The van der Waals surface area contributed by atoms with Crippen molar-refractivity contribution in [2.24, 2.45) is 5.92 Å². The molecule has 2 nitrogen and oxygen atoms in total. The van der Waals surface area contributed by atoms with Gasteiger partial charge in [0, 0.05) is 31.7 Å². The van der Waals surface area contributed by atoms with Crippen molar-refractivity contribution in [3.8, 4) is 0 Å². The highest BCUT2D eigenvalue weighted by atomic mass is 15.2. The molecule has 2 aliphatic heterocycles. The maximum atomic E-state index is 3.84. The van der Waals surface area contributed by atoms with Gasteiger partial charge in [-0.25, -0.2) is 0 Å². The van der Waals surface area contributed by atoms with E-state index in [0.717, 1.165) is 12.5 Å². The van der Waals surface area contributed by atoms with Gasteiger partial charge in [-0.15, -0.1) is 0 Å². The van der Waals surface area contributed by atoms with E-state index >= 15 is 0 Å². The third-order valence-electron chi connectivity index (χ3n) is 4.72. The minimum absolute atomic E-state index is 0.266. The van der Waals surface area contributed by atoms with E-state index in [1.807, 2.05) is 0 Å². The Morgan fingerprint density at radius 3 is 2.68 bits per heavy atom. The maximum absolute atomic E-state index is 3.84. The lowest BCUT2D eigenvalue weighted by molar-refractivity contribution is 0.119. The highest BCUT2D eigenvalue weighted by Crippen LogP contribution is 2.37. The molecule has 0 atom stereocenters. The van der Waals surface area contributed by atoms with Crippen LogP contribution in [0.1, 0.15) is 37.8 Å². The van der Waals surface area contributed by atoms with E-state index in [1.165, 1.54) is 38.9 Å². The van der Waals surface area contributed by atoms with Gasteiger partial charge in [-0.3, -0.25) is 0 Å². The Morgan fingerprint density at radius 1 is 1.21 bits per heavy atom. The highest BCUT2D eigenvalue weighted by molar-refractivity contribution is 5.36. The molecular weight excluding hydrogens is 232 g/mol. The van der Waals surface area contributed by atoms with Gasteiger partial charge in [0.1, 0.15) is 0 Å². The van der Waals surface area contributed by atoms with E-state index < -0.39 is 0 Å². The standard InChI is InChI=1S/C17H26N2/c1-14(2)13-19-11-8-17(9-12-19)16-6-4-3-5-15(16)7-10-18-17/h3-6,14,18H,7-13H2,1-2H3. The van der Waals surface area contributed by atoms with Gasteiger partial charge in [-0.1, -0.05) is 38.1 Å². The van der Waals surface area contributed by atoms with Gasteiger partial charge in [0.25, 0.3) is 0 Å². The molecular formula is C17H26N2. The normalized spacial score (nSPS) is 22.7. The summed E-state index contributed by atoms with van der Waals surface area (Å²) in [4.78, 5) is 2.63. The molecule has 1 saturated heterocycles. The lowest BCUT2D eigenvalue weighted by atomic mass is 9.76. The molecule has 1 aromatic rings. The second-order valence-corrected chi connectivity index (χ2v) is 6.61. The number of piperidine rings is 1. The second-order valence-electron chi connectivity index (χ2n) is 6.61. The van der Waals surface area contributed by atoms with Gasteiger partial charge >= 0.3 is 0 Å². The van der Waals surface area contributed by atoms with Gasteiger partial charge in [0.2, 0.25) is 0 Å². The summed E-state index contributed by atoms with van der Waals surface area (Å²) in [7, 11) is 0. The minimum Gasteiger partial charge on any atom is -0.307 e. The summed E-state index contributed by atoms with van der Waals surface area (Å²) in [5.74, 6) is 0.778. The minimum atomic E-state index is 0.266. The van der Waals surface area contributed by atoms with Crippen molar-refractivity contribution in [1.29, 1.82) is 0 Å². The molecule has 0 aromatic heterocycles. The van der Waals surface area contributed by atoms with Crippen LogP contribution in [0, 0.1) is 5.92 Å². The van der Waals surface area contributed by atoms with Gasteiger partial charge in [-0.05, 0) is 36.3 Å². The van der Waals surface area contributed by atoms with Crippen LogP contribution in [0.25, 0.3) is 0 Å². The average molecular weight is 258 g/mol. The summed E-state index contributed by atoms with van der Waals surface area (Å²) in [6, 6.07) is 9.05. The first-order valence-electron chi connectivity index (χ1n) is 7.75. The zero-order valence-electron chi connectivity index (χ0n) is 12.3. The number of fused-ring (bicyclic) bond motifs is 2. The van der Waals surface area contributed by atoms with E-state index in [2.05, 4.69) is 48.3 Å². The van der Waals surface area contributed by atoms with Crippen LogP contribution in [0.3, 0.4) is 0 Å². The van der Waals surface area contributed by atoms with Crippen LogP contribution in [0.5, 0.6) is 0 Å². The third-order valence-corrected chi connectivity index (χ3v) is 4.72. The number of nitrogens with one attached hydrogen (secondary N) is 1. The summed E-state index contributed by atoms with van der Waals surface area (Å²) in [5, 5.41) is 3.84. The molecule has 3 rings (SSSR count). The summed E-state index contributed by atoms with van der Waals surface area (Å²) < 4.78 is 0. The third kappa shape index (κ3) is 2.56. The molecule has 0 radical (unpaired) electrons. The maximum Gasteiger partial charge on any atom is 0.0461 e. The molecule has 1 fully saturated rings. The monoisotopic (exact) mass is 258 g/mol. The van der Waals surface area contributed by atoms with Crippen LogP contribution >= 0.6 is 0 Å². The quantitative estimate of drug-likeness (QED) is 0.877. The molecule has 1 N–H and O–H groups in total. The summed E-state index contributed by atoms with van der Waals surface area (Å²) in [5.41, 5.74) is 3.41. The number of hydrogen-bond donors (Lipinski definition) is 1. The topological polar surface area (TPSA) is 15.3 Å². The Bertz CT molecular complexity index is 431. The van der Waals surface area contributed by atoms with Gasteiger partial charge in [-0.2, -0.15) is 0 Å². The molecule has 0 bridgehead atoms. The molecule has 1 aromatic carbocycles. The van der Waals surface area contributed by atoms with E-state index in [4.69, 9.17) is 0 Å². The zero-order chi connectivity index (χ0) is 13.3. The van der Waals surface area contributed by atoms with Gasteiger partial charge in [0.05, 0.1) is 0 Å². The van der Waals surface area contributed by atoms with Crippen molar-refractivity contribution in [1.82, 2.24) is 10.2 Å². The summed E-state index contributed by atoms with van der Waals surface area (Å²) in [6.45, 7) is 9.50. The van der Waals surface area contributed by atoms with Crippen LogP contribution < -0.4 is 5.32 Å². The molecule has 0 amide bonds. The predicted molar refractivity (Wildman–Crippen MR) is 80.3 cm³/mol. The fourth-order valence-corrected chi connectivity index (χ4v) is 3.82. The fourth-order valence-electron chi connectivity index (χ4n) is 3.82. The van der Waals surface area contributed by atoms with Crippen LogP contribution in [-0.2, 0) is 12.0 Å². The van der Waals surface area contributed by atoms with E-state index in [9.17, 15) is 0 Å². The summed E-state index contributed by atoms with van der Waals surface area (Å²) in [6.07, 6.45) is 3.71. The highest BCUT2D eigenvalue weighted by Gasteiger charge is 2.38. The van der Waals surface area contributed by atoms with E-state index in [1.54, 1.807) is 11.1 Å². The Kier molecular flexibility index (Phi) is 3.64. The molecule has 1 spiro atoms. The first kappa shape index (κ1) is 13.1. The second kappa shape index (κ2) is 5.26. The Morgan fingerprint density at radius 2 is 1.95 bits per heavy atom. The van der Waals surface area contributed by atoms with Gasteiger partial charge in [0.15, 0.2) is 0 Å². The number of benzene rings is 1. The molecule has 0 unspecified atom stereocenters. The first-order valence-corrected chi connectivity index (χ1v) is 7.75. The predicted octanol–water partition coefficient (Wildman–Crippen LogP) is 2.78. The Labute approximate surface area is 117 Å². The molecule has 0 saturated carbocycles. The van der Waals surface area contributed by atoms with Crippen molar-refractivity contribution in [3.05, 3.63) is 35.4 Å².